The molecular formula is C15H22FNO. The van der Waals surface area contributed by atoms with Crippen molar-refractivity contribution in [1.29, 1.82) is 0 Å². The summed E-state index contributed by atoms with van der Waals surface area (Å²) in [6, 6.07) is 4.77. The Bertz CT molecular complexity index is 394. The third-order valence-corrected chi connectivity index (χ3v) is 3.89. The number of rotatable bonds is 3. The van der Waals surface area contributed by atoms with Crippen molar-refractivity contribution < 1.29 is 9.50 Å². The number of aromatic hydroxyl groups is 1. The van der Waals surface area contributed by atoms with Crippen LogP contribution < -0.4 is 0 Å². The number of likely N-dealkylation sites (tertiary alicyclic amines) is 1. The van der Waals surface area contributed by atoms with E-state index in [-0.39, 0.29) is 11.6 Å². The Balaban J connectivity index is 2.12. The molecule has 1 aliphatic rings. The molecule has 100 valence electrons. The van der Waals surface area contributed by atoms with Crippen LogP contribution in [0.2, 0.25) is 0 Å². The molecule has 0 amide bonds. The minimum atomic E-state index is -0.273. The molecule has 1 heterocycles. The van der Waals surface area contributed by atoms with E-state index in [9.17, 15) is 9.50 Å². The van der Waals surface area contributed by atoms with Gasteiger partial charge in [0, 0.05) is 18.2 Å². The smallest absolute Gasteiger partial charge is 0.123 e. The van der Waals surface area contributed by atoms with Gasteiger partial charge in [0.2, 0.25) is 0 Å². The van der Waals surface area contributed by atoms with Crippen LogP contribution in [0.4, 0.5) is 4.39 Å². The van der Waals surface area contributed by atoms with Gasteiger partial charge >= 0.3 is 0 Å². The van der Waals surface area contributed by atoms with Crippen molar-refractivity contribution in [3.8, 4) is 5.75 Å². The highest BCUT2D eigenvalue weighted by Crippen LogP contribution is 2.25. The van der Waals surface area contributed by atoms with Gasteiger partial charge in [-0.25, -0.2) is 4.39 Å². The zero-order chi connectivity index (χ0) is 13.0. The summed E-state index contributed by atoms with van der Waals surface area (Å²) in [4.78, 5) is 2.39. The molecule has 0 saturated carbocycles. The lowest BCUT2D eigenvalue weighted by Gasteiger charge is -2.29. The molecular weight excluding hydrogens is 229 g/mol. The van der Waals surface area contributed by atoms with E-state index in [0.717, 1.165) is 13.0 Å². The molecule has 0 radical (unpaired) electrons. The lowest BCUT2D eigenvalue weighted by molar-refractivity contribution is 0.184. The molecule has 1 saturated heterocycles. The monoisotopic (exact) mass is 251 g/mol. The van der Waals surface area contributed by atoms with Crippen LogP contribution >= 0.6 is 0 Å². The predicted octanol–water partition coefficient (Wildman–Crippen LogP) is 3.69. The second-order valence-corrected chi connectivity index (χ2v) is 5.15. The quantitative estimate of drug-likeness (QED) is 0.885. The van der Waals surface area contributed by atoms with Crippen molar-refractivity contribution in [2.45, 2.75) is 51.6 Å². The maximum Gasteiger partial charge on any atom is 0.123 e. The van der Waals surface area contributed by atoms with Crippen molar-refractivity contribution >= 4 is 0 Å². The van der Waals surface area contributed by atoms with E-state index >= 15 is 0 Å². The number of benzene rings is 1. The fraction of sp³-hybridized carbons (Fsp3) is 0.600. The number of hydrogen-bond acceptors (Lipinski definition) is 2. The van der Waals surface area contributed by atoms with Gasteiger partial charge in [-0.1, -0.05) is 19.8 Å². The predicted molar refractivity (Wildman–Crippen MR) is 71.0 cm³/mol. The summed E-state index contributed by atoms with van der Waals surface area (Å²) in [6.07, 6.45) is 6.10. The molecule has 0 aromatic heterocycles. The van der Waals surface area contributed by atoms with Crippen LogP contribution in [0.15, 0.2) is 18.2 Å². The van der Waals surface area contributed by atoms with E-state index in [2.05, 4.69) is 11.8 Å². The van der Waals surface area contributed by atoms with Crippen LogP contribution in [0, 0.1) is 5.82 Å². The van der Waals surface area contributed by atoms with E-state index < -0.39 is 0 Å². The fourth-order valence-electron chi connectivity index (χ4n) is 2.81. The topological polar surface area (TPSA) is 23.5 Å². The van der Waals surface area contributed by atoms with E-state index in [1.165, 1.54) is 43.9 Å². The summed E-state index contributed by atoms with van der Waals surface area (Å²) in [7, 11) is 0. The molecule has 1 N–H and O–H groups in total. The minimum absolute atomic E-state index is 0.204. The molecule has 1 aliphatic heterocycles. The lowest BCUT2D eigenvalue weighted by Crippen LogP contribution is -2.33. The van der Waals surface area contributed by atoms with Gasteiger partial charge in [0.05, 0.1) is 0 Å². The largest absolute Gasteiger partial charge is 0.508 e. The Morgan fingerprint density at radius 3 is 2.94 bits per heavy atom. The van der Waals surface area contributed by atoms with Gasteiger partial charge in [0.1, 0.15) is 11.6 Å². The molecule has 2 rings (SSSR count). The van der Waals surface area contributed by atoms with Gasteiger partial charge < -0.3 is 5.11 Å². The molecule has 1 fully saturated rings. The Morgan fingerprint density at radius 2 is 2.17 bits per heavy atom. The van der Waals surface area contributed by atoms with Crippen LogP contribution in [0.25, 0.3) is 0 Å². The zero-order valence-corrected chi connectivity index (χ0v) is 11.0. The molecule has 2 nitrogen and oxygen atoms in total. The SMILES string of the molecule is CCC1CCCCCN1Cc1cc(F)ccc1O. The number of hydrogen-bond donors (Lipinski definition) is 1. The van der Waals surface area contributed by atoms with Gasteiger partial charge in [-0.05, 0) is 44.0 Å². The first kappa shape index (κ1) is 13.3. The van der Waals surface area contributed by atoms with E-state index in [4.69, 9.17) is 0 Å². The van der Waals surface area contributed by atoms with E-state index in [0.29, 0.717) is 18.2 Å². The summed E-state index contributed by atoms with van der Waals surface area (Å²) < 4.78 is 13.2. The van der Waals surface area contributed by atoms with Crippen molar-refractivity contribution in [2.75, 3.05) is 6.54 Å². The van der Waals surface area contributed by atoms with Crippen molar-refractivity contribution in [1.82, 2.24) is 4.90 Å². The first-order chi connectivity index (χ1) is 8.70. The van der Waals surface area contributed by atoms with Gasteiger partial charge in [0.15, 0.2) is 0 Å². The van der Waals surface area contributed by atoms with Crippen LogP contribution in [0.5, 0.6) is 5.75 Å². The number of phenols is 1. The van der Waals surface area contributed by atoms with Gasteiger partial charge in [-0.2, -0.15) is 0 Å². The van der Waals surface area contributed by atoms with E-state index in [1.54, 1.807) is 0 Å². The summed E-state index contributed by atoms with van der Waals surface area (Å²) in [5, 5.41) is 9.80. The highest BCUT2D eigenvalue weighted by atomic mass is 19.1. The Hall–Kier alpha value is -1.09. The number of nitrogens with zero attached hydrogens (tertiary/aromatic N) is 1. The van der Waals surface area contributed by atoms with Crippen LogP contribution in [-0.2, 0) is 6.54 Å². The molecule has 1 aromatic rings. The Labute approximate surface area is 108 Å². The zero-order valence-electron chi connectivity index (χ0n) is 11.0. The van der Waals surface area contributed by atoms with Gasteiger partial charge in [-0.15, -0.1) is 0 Å². The van der Waals surface area contributed by atoms with E-state index in [1.807, 2.05) is 0 Å². The molecule has 1 atom stereocenters. The van der Waals surface area contributed by atoms with Gasteiger partial charge in [-0.3, -0.25) is 4.90 Å². The van der Waals surface area contributed by atoms with Crippen LogP contribution in [0.3, 0.4) is 0 Å². The first-order valence-electron chi connectivity index (χ1n) is 6.92. The third-order valence-electron chi connectivity index (χ3n) is 3.89. The first-order valence-corrected chi connectivity index (χ1v) is 6.92. The normalized spacial score (nSPS) is 21.8. The molecule has 0 aliphatic carbocycles. The maximum atomic E-state index is 13.2. The molecule has 3 heteroatoms. The molecule has 0 bridgehead atoms. The lowest BCUT2D eigenvalue weighted by atomic mass is 10.1. The number of halogens is 1. The van der Waals surface area contributed by atoms with Crippen molar-refractivity contribution in [2.24, 2.45) is 0 Å². The third kappa shape index (κ3) is 3.22. The maximum absolute atomic E-state index is 13.2. The molecule has 1 unspecified atom stereocenters. The minimum Gasteiger partial charge on any atom is -0.508 e. The van der Waals surface area contributed by atoms with Crippen molar-refractivity contribution in [3.63, 3.8) is 0 Å². The van der Waals surface area contributed by atoms with Crippen LogP contribution in [-0.4, -0.2) is 22.6 Å². The fourth-order valence-corrected chi connectivity index (χ4v) is 2.81. The second kappa shape index (κ2) is 6.19. The highest BCUT2D eigenvalue weighted by molar-refractivity contribution is 5.32. The van der Waals surface area contributed by atoms with Gasteiger partial charge in [0.25, 0.3) is 0 Å². The second-order valence-electron chi connectivity index (χ2n) is 5.15. The summed E-state index contributed by atoms with van der Waals surface area (Å²) in [5.74, 6) is -0.0684. The molecule has 1 aromatic carbocycles. The Morgan fingerprint density at radius 1 is 1.33 bits per heavy atom. The molecule has 0 spiro atoms. The molecule has 18 heavy (non-hydrogen) atoms. The standard InChI is InChI=1S/C15H22FNO/c1-2-14-6-4-3-5-9-17(14)11-12-10-13(16)7-8-15(12)18/h7-8,10,14,18H,2-6,9,11H2,1H3. The average molecular weight is 251 g/mol. The van der Waals surface area contributed by atoms with Crippen molar-refractivity contribution in [3.05, 3.63) is 29.6 Å². The summed E-state index contributed by atoms with van der Waals surface area (Å²) in [6.45, 7) is 3.91. The summed E-state index contributed by atoms with van der Waals surface area (Å²) in [5.41, 5.74) is 0.704. The number of phenolic OH excluding ortho intramolecular Hbond substituents is 1. The van der Waals surface area contributed by atoms with Crippen LogP contribution in [0.1, 0.15) is 44.6 Å². The highest BCUT2D eigenvalue weighted by Gasteiger charge is 2.20. The average Bonchev–Trinajstić information content (AvgIpc) is 2.59. The summed E-state index contributed by atoms with van der Waals surface area (Å²) >= 11 is 0. The Kier molecular flexibility index (Phi) is 4.59.